The van der Waals surface area contributed by atoms with Crippen molar-refractivity contribution >= 4 is 16.9 Å². The Kier molecular flexibility index (Phi) is 8.96. The van der Waals surface area contributed by atoms with Crippen LogP contribution < -0.4 is 14.8 Å². The van der Waals surface area contributed by atoms with Gasteiger partial charge in [0.15, 0.2) is 11.5 Å². The number of benzene rings is 2. The van der Waals surface area contributed by atoms with Crippen molar-refractivity contribution in [1.29, 1.82) is 0 Å². The molecule has 1 aromatic heterocycles. The molecule has 0 unspecified atom stereocenters. The summed E-state index contributed by atoms with van der Waals surface area (Å²) < 4.78 is 13.5. The molecular weight excluding hydrogens is 402 g/mol. The van der Waals surface area contributed by atoms with Gasteiger partial charge in [-0.1, -0.05) is 38.1 Å². The first kappa shape index (κ1) is 23.6. The Morgan fingerprint density at radius 2 is 1.75 bits per heavy atom. The summed E-state index contributed by atoms with van der Waals surface area (Å²) in [5, 5.41) is 3.09. The normalized spacial score (nSPS) is 11.1. The van der Waals surface area contributed by atoms with Crippen LogP contribution in [-0.4, -0.2) is 35.7 Å². The number of imidazole rings is 1. The number of carbonyl (C=O) groups excluding carboxylic acids is 1. The van der Waals surface area contributed by atoms with Gasteiger partial charge in [0.2, 0.25) is 5.91 Å². The lowest BCUT2D eigenvalue weighted by atomic mass is 10.0. The first-order valence-electron chi connectivity index (χ1n) is 11.7. The van der Waals surface area contributed by atoms with Crippen molar-refractivity contribution in [3.8, 4) is 11.5 Å². The molecule has 0 atom stereocenters. The maximum atomic E-state index is 12.3. The zero-order chi connectivity index (χ0) is 22.8. The Hall–Kier alpha value is -3.02. The van der Waals surface area contributed by atoms with Crippen LogP contribution in [0.4, 0.5) is 0 Å². The van der Waals surface area contributed by atoms with E-state index in [0.29, 0.717) is 13.2 Å². The standard InChI is InChI=1S/C26H35N3O3/c1-4-20(5-2)26(30)27-17-16-25-28-21-12-6-7-13-22(21)29(25)18-10-11-19-32-24-15-9-8-14-23(24)31-3/h6-9,12-15,20H,4-5,10-11,16-19H2,1-3H3,(H,27,30). The minimum Gasteiger partial charge on any atom is -0.493 e. The number of aryl methyl sites for hydroxylation is 1. The Morgan fingerprint density at radius 1 is 1.03 bits per heavy atom. The average molecular weight is 438 g/mol. The molecule has 6 nitrogen and oxygen atoms in total. The number of rotatable bonds is 13. The van der Waals surface area contributed by atoms with E-state index in [1.54, 1.807) is 7.11 Å². The van der Waals surface area contributed by atoms with Crippen molar-refractivity contribution in [2.24, 2.45) is 5.92 Å². The van der Waals surface area contributed by atoms with Crippen molar-refractivity contribution in [1.82, 2.24) is 14.9 Å². The highest BCUT2D eigenvalue weighted by Crippen LogP contribution is 2.26. The number of aromatic nitrogens is 2. The highest BCUT2D eigenvalue weighted by Gasteiger charge is 2.15. The summed E-state index contributed by atoms with van der Waals surface area (Å²) in [7, 11) is 1.65. The third-order valence-corrected chi connectivity index (χ3v) is 5.84. The molecule has 0 saturated carbocycles. The molecule has 2 aromatic carbocycles. The number of amides is 1. The molecule has 0 aliphatic carbocycles. The van der Waals surface area contributed by atoms with Gasteiger partial charge in [-0.2, -0.15) is 0 Å². The topological polar surface area (TPSA) is 65.4 Å². The summed E-state index contributed by atoms with van der Waals surface area (Å²) in [5.74, 6) is 2.78. The van der Waals surface area contributed by atoms with Crippen molar-refractivity contribution in [3.05, 3.63) is 54.4 Å². The number of hydrogen-bond donors (Lipinski definition) is 1. The summed E-state index contributed by atoms with van der Waals surface area (Å²) in [5.41, 5.74) is 2.14. The predicted molar refractivity (Wildman–Crippen MR) is 128 cm³/mol. The summed E-state index contributed by atoms with van der Waals surface area (Å²) in [6.45, 7) is 6.23. The molecular formula is C26H35N3O3. The molecule has 0 fully saturated rings. The van der Waals surface area contributed by atoms with E-state index in [4.69, 9.17) is 14.5 Å². The minimum atomic E-state index is 0.0945. The molecule has 1 N–H and O–H groups in total. The van der Waals surface area contributed by atoms with Gasteiger partial charge < -0.3 is 19.4 Å². The minimum absolute atomic E-state index is 0.0945. The molecule has 3 aromatic rings. The van der Waals surface area contributed by atoms with Crippen LogP contribution in [0.3, 0.4) is 0 Å². The second-order valence-corrected chi connectivity index (χ2v) is 7.93. The third-order valence-electron chi connectivity index (χ3n) is 5.84. The number of unbranched alkanes of at least 4 members (excludes halogenated alkanes) is 1. The van der Waals surface area contributed by atoms with Crippen LogP contribution in [0, 0.1) is 5.92 Å². The van der Waals surface area contributed by atoms with Crippen LogP contribution in [0.2, 0.25) is 0 Å². The van der Waals surface area contributed by atoms with Gasteiger partial charge in [0, 0.05) is 25.4 Å². The molecule has 6 heteroatoms. The Balaban J connectivity index is 1.56. The summed E-state index contributed by atoms with van der Waals surface area (Å²) >= 11 is 0. The lowest BCUT2D eigenvalue weighted by molar-refractivity contribution is -0.125. The van der Waals surface area contributed by atoms with Crippen LogP contribution in [0.5, 0.6) is 11.5 Å². The van der Waals surface area contributed by atoms with E-state index in [1.807, 2.05) is 42.5 Å². The highest BCUT2D eigenvalue weighted by molar-refractivity contribution is 5.78. The van der Waals surface area contributed by atoms with Gasteiger partial charge in [-0.05, 0) is 49.9 Å². The number of nitrogens with zero attached hydrogens (tertiary/aromatic N) is 2. The van der Waals surface area contributed by atoms with Gasteiger partial charge in [0.05, 0.1) is 24.8 Å². The monoisotopic (exact) mass is 437 g/mol. The van der Waals surface area contributed by atoms with Crippen LogP contribution in [0.15, 0.2) is 48.5 Å². The molecule has 172 valence electrons. The lowest BCUT2D eigenvalue weighted by Gasteiger charge is -2.14. The van der Waals surface area contributed by atoms with Crippen molar-refractivity contribution in [2.75, 3.05) is 20.3 Å². The lowest BCUT2D eigenvalue weighted by Crippen LogP contribution is -2.32. The first-order valence-corrected chi connectivity index (χ1v) is 11.7. The number of para-hydroxylation sites is 4. The fraction of sp³-hybridized carbons (Fsp3) is 0.462. The Labute approximate surface area is 190 Å². The van der Waals surface area contributed by atoms with E-state index >= 15 is 0 Å². The van der Waals surface area contributed by atoms with Crippen LogP contribution in [-0.2, 0) is 17.8 Å². The quantitative estimate of drug-likeness (QED) is 0.382. The molecule has 1 amide bonds. The fourth-order valence-corrected chi connectivity index (χ4v) is 3.96. The average Bonchev–Trinajstić information content (AvgIpc) is 3.17. The second-order valence-electron chi connectivity index (χ2n) is 7.93. The molecule has 32 heavy (non-hydrogen) atoms. The van der Waals surface area contributed by atoms with Crippen molar-refractivity contribution in [3.63, 3.8) is 0 Å². The number of carbonyl (C=O) groups is 1. The number of methoxy groups -OCH3 is 1. The zero-order valence-corrected chi connectivity index (χ0v) is 19.5. The van der Waals surface area contributed by atoms with Crippen LogP contribution in [0.1, 0.15) is 45.4 Å². The van der Waals surface area contributed by atoms with E-state index in [-0.39, 0.29) is 11.8 Å². The maximum absolute atomic E-state index is 12.3. The van der Waals surface area contributed by atoms with Gasteiger partial charge in [-0.15, -0.1) is 0 Å². The molecule has 0 radical (unpaired) electrons. The van der Waals surface area contributed by atoms with Crippen LogP contribution in [0.25, 0.3) is 11.0 Å². The molecule has 1 heterocycles. The van der Waals surface area contributed by atoms with E-state index in [9.17, 15) is 4.79 Å². The summed E-state index contributed by atoms with van der Waals surface area (Å²) in [6.07, 6.45) is 4.37. The highest BCUT2D eigenvalue weighted by atomic mass is 16.5. The van der Waals surface area contributed by atoms with Crippen LogP contribution >= 0.6 is 0 Å². The molecule has 0 spiro atoms. The second kappa shape index (κ2) is 12.1. The van der Waals surface area contributed by atoms with E-state index in [1.165, 1.54) is 0 Å². The zero-order valence-electron chi connectivity index (χ0n) is 19.5. The number of hydrogen-bond acceptors (Lipinski definition) is 4. The van der Waals surface area contributed by atoms with Gasteiger partial charge >= 0.3 is 0 Å². The van der Waals surface area contributed by atoms with E-state index in [0.717, 1.165) is 67.0 Å². The van der Waals surface area contributed by atoms with Gasteiger partial charge in [-0.25, -0.2) is 4.98 Å². The number of nitrogens with one attached hydrogen (secondary N) is 1. The third kappa shape index (κ3) is 6.02. The maximum Gasteiger partial charge on any atom is 0.223 e. The predicted octanol–water partition coefficient (Wildman–Crippen LogP) is 5.00. The smallest absolute Gasteiger partial charge is 0.223 e. The van der Waals surface area contributed by atoms with Gasteiger partial charge in [-0.3, -0.25) is 4.79 Å². The Bertz CT molecular complexity index is 995. The van der Waals surface area contributed by atoms with E-state index in [2.05, 4.69) is 29.8 Å². The van der Waals surface area contributed by atoms with Gasteiger partial charge in [0.1, 0.15) is 5.82 Å². The summed E-state index contributed by atoms with van der Waals surface area (Å²) in [4.78, 5) is 17.1. The molecule has 0 aliphatic rings. The fourth-order valence-electron chi connectivity index (χ4n) is 3.96. The number of fused-ring (bicyclic) bond motifs is 1. The molecule has 3 rings (SSSR count). The molecule has 0 saturated heterocycles. The van der Waals surface area contributed by atoms with E-state index < -0.39 is 0 Å². The van der Waals surface area contributed by atoms with Crippen molar-refractivity contribution in [2.45, 2.75) is 52.5 Å². The van der Waals surface area contributed by atoms with Crippen molar-refractivity contribution < 1.29 is 14.3 Å². The summed E-state index contributed by atoms with van der Waals surface area (Å²) in [6, 6.07) is 15.9. The molecule has 0 bridgehead atoms. The molecule has 0 aliphatic heterocycles. The Morgan fingerprint density at radius 3 is 2.50 bits per heavy atom. The largest absolute Gasteiger partial charge is 0.493 e. The number of ether oxygens (including phenoxy) is 2. The first-order chi connectivity index (χ1) is 15.7. The SMILES string of the molecule is CCC(CC)C(=O)NCCc1nc2ccccc2n1CCCCOc1ccccc1OC. The van der Waals surface area contributed by atoms with Gasteiger partial charge in [0.25, 0.3) is 0 Å².